The summed E-state index contributed by atoms with van der Waals surface area (Å²) >= 11 is 6.60. The maximum absolute atomic E-state index is 6.60. The second-order valence-electron chi connectivity index (χ2n) is 9.84. The SMILES string of the molecule is CCCCCC(C)(PCl)c1cc(C(C)(C)C)cc(C(C)(C)C)c1OCOC. The van der Waals surface area contributed by atoms with E-state index >= 15 is 0 Å². The molecule has 0 spiro atoms. The number of halogens is 1. The molecule has 0 saturated heterocycles. The molecule has 156 valence electrons. The first-order chi connectivity index (χ1) is 12.4. The van der Waals surface area contributed by atoms with Gasteiger partial charge in [0.2, 0.25) is 0 Å². The van der Waals surface area contributed by atoms with E-state index in [0.717, 1.165) is 12.2 Å². The molecule has 0 aromatic heterocycles. The highest BCUT2D eigenvalue weighted by atomic mass is 35.7. The summed E-state index contributed by atoms with van der Waals surface area (Å²) in [4.78, 5) is 0. The number of rotatable bonds is 9. The Morgan fingerprint density at radius 3 is 1.96 bits per heavy atom. The quantitative estimate of drug-likeness (QED) is 0.232. The molecule has 0 amide bonds. The number of benzene rings is 1. The average molecular weight is 415 g/mol. The molecule has 0 aliphatic heterocycles. The number of hydrogen-bond acceptors (Lipinski definition) is 2. The molecule has 27 heavy (non-hydrogen) atoms. The molecule has 2 unspecified atom stereocenters. The van der Waals surface area contributed by atoms with Crippen molar-refractivity contribution < 1.29 is 9.47 Å². The van der Waals surface area contributed by atoms with Crippen LogP contribution in [0.15, 0.2) is 12.1 Å². The van der Waals surface area contributed by atoms with Gasteiger partial charge in [-0.05, 0) is 30.7 Å². The van der Waals surface area contributed by atoms with Crippen molar-refractivity contribution in [3.63, 3.8) is 0 Å². The van der Waals surface area contributed by atoms with E-state index in [-0.39, 0.29) is 22.8 Å². The Labute approximate surface area is 174 Å². The molecule has 1 rings (SSSR count). The van der Waals surface area contributed by atoms with Gasteiger partial charge in [-0.2, -0.15) is 0 Å². The Morgan fingerprint density at radius 2 is 1.52 bits per heavy atom. The molecule has 0 bridgehead atoms. The molecule has 0 aliphatic rings. The van der Waals surface area contributed by atoms with Gasteiger partial charge in [-0.1, -0.05) is 98.0 Å². The van der Waals surface area contributed by atoms with Gasteiger partial charge in [0.15, 0.2) is 6.79 Å². The molecule has 0 saturated carbocycles. The molecule has 0 aliphatic carbocycles. The van der Waals surface area contributed by atoms with Crippen molar-refractivity contribution in [2.45, 2.75) is 97.1 Å². The van der Waals surface area contributed by atoms with Gasteiger partial charge in [0.05, 0.1) is 0 Å². The van der Waals surface area contributed by atoms with Crippen molar-refractivity contribution in [3.05, 3.63) is 28.8 Å². The minimum absolute atomic E-state index is 0.0289. The highest BCUT2D eigenvalue weighted by molar-refractivity contribution is 7.69. The van der Waals surface area contributed by atoms with Crippen molar-refractivity contribution in [1.29, 1.82) is 0 Å². The molecule has 0 heterocycles. The van der Waals surface area contributed by atoms with Crippen molar-refractivity contribution in [2.24, 2.45) is 0 Å². The summed E-state index contributed by atoms with van der Waals surface area (Å²) in [5.41, 5.74) is 3.84. The van der Waals surface area contributed by atoms with Crippen LogP contribution < -0.4 is 4.74 Å². The second kappa shape index (κ2) is 9.95. The highest BCUT2D eigenvalue weighted by Gasteiger charge is 2.34. The topological polar surface area (TPSA) is 18.5 Å². The van der Waals surface area contributed by atoms with Gasteiger partial charge in [0.25, 0.3) is 0 Å². The van der Waals surface area contributed by atoms with Gasteiger partial charge < -0.3 is 9.47 Å². The van der Waals surface area contributed by atoms with E-state index in [4.69, 9.17) is 20.7 Å². The minimum Gasteiger partial charge on any atom is -0.467 e. The number of hydrogen-bond donors (Lipinski definition) is 0. The van der Waals surface area contributed by atoms with E-state index in [0.29, 0.717) is 7.93 Å². The molecule has 4 heteroatoms. The third kappa shape index (κ3) is 6.62. The van der Waals surface area contributed by atoms with Gasteiger partial charge in [-0.15, -0.1) is 0 Å². The number of unbranched alkanes of at least 4 members (excludes halogenated alkanes) is 2. The zero-order chi connectivity index (χ0) is 20.9. The normalized spacial score (nSPS) is 15.3. The zero-order valence-corrected chi connectivity index (χ0v) is 20.6. The fourth-order valence-electron chi connectivity index (χ4n) is 3.26. The third-order valence-corrected chi connectivity index (χ3v) is 7.36. The number of ether oxygens (including phenoxy) is 2. The Kier molecular flexibility index (Phi) is 9.11. The van der Waals surface area contributed by atoms with E-state index in [9.17, 15) is 0 Å². The Bertz CT molecular complexity index is 602. The smallest absolute Gasteiger partial charge is 0.188 e. The van der Waals surface area contributed by atoms with Crippen molar-refractivity contribution >= 4 is 19.2 Å². The standard InChI is InChI=1S/C23H40ClO2P/c1-10-11-12-13-23(8,27-24)19-15-17(21(2,3)4)14-18(22(5,6)7)20(19)26-16-25-9/h14-15,27H,10-13,16H2,1-9H3. The summed E-state index contributed by atoms with van der Waals surface area (Å²) < 4.78 is 11.4. The Morgan fingerprint density at radius 1 is 0.926 bits per heavy atom. The van der Waals surface area contributed by atoms with Crippen LogP contribution in [-0.2, 0) is 20.7 Å². The monoisotopic (exact) mass is 414 g/mol. The average Bonchev–Trinajstić information content (AvgIpc) is 2.57. The first-order valence-electron chi connectivity index (χ1n) is 10.1. The molecular formula is C23H40ClO2P. The summed E-state index contributed by atoms with van der Waals surface area (Å²) in [7, 11) is 1.97. The minimum atomic E-state index is -0.0962. The summed E-state index contributed by atoms with van der Waals surface area (Å²) in [5.74, 6) is 0.962. The summed E-state index contributed by atoms with van der Waals surface area (Å²) in [6.45, 7) is 18.3. The van der Waals surface area contributed by atoms with Gasteiger partial charge in [0.1, 0.15) is 5.75 Å². The Balaban J connectivity index is 3.69. The van der Waals surface area contributed by atoms with Gasteiger partial charge >= 0.3 is 0 Å². The maximum Gasteiger partial charge on any atom is 0.188 e. The van der Waals surface area contributed by atoms with Crippen molar-refractivity contribution in [2.75, 3.05) is 13.9 Å². The molecule has 2 nitrogen and oxygen atoms in total. The molecule has 0 radical (unpaired) electrons. The fraction of sp³-hybridized carbons (Fsp3) is 0.739. The van der Waals surface area contributed by atoms with Crippen LogP contribution in [0.4, 0.5) is 0 Å². The summed E-state index contributed by atoms with van der Waals surface area (Å²) in [6.07, 6.45) is 4.70. The van der Waals surface area contributed by atoms with E-state index in [1.165, 1.54) is 36.0 Å². The van der Waals surface area contributed by atoms with E-state index < -0.39 is 0 Å². The van der Waals surface area contributed by atoms with Crippen molar-refractivity contribution in [3.8, 4) is 5.75 Å². The lowest BCUT2D eigenvalue weighted by Gasteiger charge is -2.35. The zero-order valence-electron chi connectivity index (χ0n) is 18.9. The fourth-order valence-corrected chi connectivity index (χ4v) is 4.41. The van der Waals surface area contributed by atoms with E-state index in [1.54, 1.807) is 7.11 Å². The van der Waals surface area contributed by atoms with E-state index in [2.05, 4.69) is 67.5 Å². The molecular weight excluding hydrogens is 375 g/mol. The first-order valence-corrected chi connectivity index (χ1v) is 12.1. The van der Waals surface area contributed by atoms with Crippen molar-refractivity contribution in [1.82, 2.24) is 0 Å². The van der Waals surface area contributed by atoms with Gasteiger partial charge in [0, 0.05) is 23.4 Å². The van der Waals surface area contributed by atoms with Crippen LogP contribution >= 0.6 is 19.2 Å². The third-order valence-electron chi connectivity index (χ3n) is 5.17. The lowest BCUT2D eigenvalue weighted by Crippen LogP contribution is -2.24. The lowest BCUT2D eigenvalue weighted by molar-refractivity contribution is 0.0486. The highest BCUT2D eigenvalue weighted by Crippen LogP contribution is 2.53. The predicted molar refractivity (Wildman–Crippen MR) is 122 cm³/mol. The first kappa shape index (κ1) is 24.7. The van der Waals surface area contributed by atoms with E-state index in [1.807, 2.05) is 0 Å². The molecule has 1 aromatic rings. The Hall–Kier alpha value is -0.300. The van der Waals surface area contributed by atoms with Crippen LogP contribution in [0.5, 0.6) is 5.75 Å². The maximum atomic E-state index is 6.60. The van der Waals surface area contributed by atoms with Crippen LogP contribution in [0.25, 0.3) is 0 Å². The molecule has 2 atom stereocenters. The van der Waals surface area contributed by atoms with Crippen LogP contribution in [0.2, 0.25) is 0 Å². The van der Waals surface area contributed by atoms with Crippen LogP contribution in [-0.4, -0.2) is 13.9 Å². The molecule has 0 N–H and O–H groups in total. The number of methoxy groups -OCH3 is 1. The van der Waals surface area contributed by atoms with Gasteiger partial charge in [-0.3, -0.25) is 0 Å². The largest absolute Gasteiger partial charge is 0.467 e. The second-order valence-corrected chi connectivity index (χ2v) is 11.7. The summed E-state index contributed by atoms with van der Waals surface area (Å²) in [5, 5.41) is -0.0962. The molecule has 0 fully saturated rings. The van der Waals surface area contributed by atoms with Crippen LogP contribution in [0, 0.1) is 0 Å². The van der Waals surface area contributed by atoms with Crippen LogP contribution in [0.3, 0.4) is 0 Å². The predicted octanol–water partition coefficient (Wildman–Crippen LogP) is 7.89. The van der Waals surface area contributed by atoms with Crippen LogP contribution in [0.1, 0.15) is 97.8 Å². The lowest BCUT2D eigenvalue weighted by atomic mass is 9.76. The van der Waals surface area contributed by atoms with Gasteiger partial charge in [-0.25, -0.2) is 0 Å². The summed E-state index contributed by atoms with van der Waals surface area (Å²) in [6, 6.07) is 4.65. The molecule has 1 aromatic carbocycles.